The summed E-state index contributed by atoms with van der Waals surface area (Å²) in [4.78, 5) is 20.3. The van der Waals surface area contributed by atoms with Crippen LogP contribution in [0.4, 0.5) is 0 Å². The first-order valence-corrected chi connectivity index (χ1v) is 6.40. The van der Waals surface area contributed by atoms with Crippen LogP contribution in [-0.2, 0) is 0 Å². The topological polar surface area (TPSA) is 63.1 Å². The molecule has 0 spiro atoms. The number of rotatable bonds is 4. The van der Waals surface area contributed by atoms with Gasteiger partial charge in [0.1, 0.15) is 11.4 Å². The van der Waals surface area contributed by atoms with Crippen LogP contribution in [0.1, 0.15) is 41.5 Å². The minimum Gasteiger partial charge on any atom is -0.507 e. The second-order valence-electron chi connectivity index (χ2n) is 4.74. The first-order valence-electron chi connectivity index (χ1n) is 6.40. The standard InChI is InChI=1S/C16H16N2O2/c1-11(2)13-9-18-14(10-17-13)16(20)8-7-12-5-3-4-6-15(12)19/h3-11,19H,1-2H3/b8-7+. The Kier molecular flexibility index (Phi) is 4.25. The van der Waals surface area contributed by atoms with E-state index in [2.05, 4.69) is 9.97 Å². The number of hydrogen-bond acceptors (Lipinski definition) is 4. The van der Waals surface area contributed by atoms with Crippen molar-refractivity contribution in [1.29, 1.82) is 0 Å². The van der Waals surface area contributed by atoms with Gasteiger partial charge in [-0.05, 0) is 24.1 Å². The van der Waals surface area contributed by atoms with Crippen LogP contribution in [0.15, 0.2) is 42.7 Å². The molecule has 0 radical (unpaired) electrons. The summed E-state index contributed by atoms with van der Waals surface area (Å²) < 4.78 is 0. The summed E-state index contributed by atoms with van der Waals surface area (Å²) in [5.41, 5.74) is 1.74. The van der Waals surface area contributed by atoms with Crippen molar-refractivity contribution in [2.24, 2.45) is 0 Å². The van der Waals surface area contributed by atoms with Crippen molar-refractivity contribution in [3.05, 3.63) is 59.7 Å². The molecule has 0 aliphatic heterocycles. The fourth-order valence-electron chi connectivity index (χ4n) is 1.64. The Hall–Kier alpha value is -2.49. The summed E-state index contributed by atoms with van der Waals surface area (Å²) in [7, 11) is 0. The van der Waals surface area contributed by atoms with E-state index in [4.69, 9.17) is 0 Å². The molecule has 0 atom stereocenters. The highest BCUT2D eigenvalue weighted by molar-refractivity contribution is 6.05. The van der Waals surface area contributed by atoms with Crippen LogP contribution in [0.25, 0.3) is 6.08 Å². The second-order valence-corrected chi connectivity index (χ2v) is 4.74. The van der Waals surface area contributed by atoms with Crippen LogP contribution < -0.4 is 0 Å². The minimum absolute atomic E-state index is 0.137. The highest BCUT2D eigenvalue weighted by Gasteiger charge is 2.06. The van der Waals surface area contributed by atoms with Crippen LogP contribution >= 0.6 is 0 Å². The predicted octanol–water partition coefficient (Wildman–Crippen LogP) is 3.20. The summed E-state index contributed by atoms with van der Waals surface area (Å²) >= 11 is 0. The molecule has 0 saturated heterocycles. The molecule has 0 aliphatic carbocycles. The van der Waals surface area contributed by atoms with E-state index in [1.54, 1.807) is 36.5 Å². The van der Waals surface area contributed by atoms with Gasteiger partial charge in [-0.15, -0.1) is 0 Å². The molecule has 1 heterocycles. The summed E-state index contributed by atoms with van der Waals surface area (Å²) in [5, 5.41) is 9.60. The third kappa shape index (κ3) is 3.29. The Labute approximate surface area is 117 Å². The minimum atomic E-state index is -0.240. The van der Waals surface area contributed by atoms with Crippen molar-refractivity contribution in [2.75, 3.05) is 0 Å². The van der Waals surface area contributed by atoms with E-state index in [0.29, 0.717) is 11.3 Å². The lowest BCUT2D eigenvalue weighted by Gasteiger charge is -2.03. The monoisotopic (exact) mass is 268 g/mol. The maximum absolute atomic E-state index is 11.9. The SMILES string of the molecule is CC(C)c1cnc(C(=O)/C=C/c2ccccc2O)cn1. The fraction of sp³-hybridized carbons (Fsp3) is 0.188. The normalized spacial score (nSPS) is 11.2. The molecule has 0 amide bonds. The molecule has 0 bridgehead atoms. The van der Waals surface area contributed by atoms with Gasteiger partial charge in [0.15, 0.2) is 0 Å². The fourth-order valence-corrected chi connectivity index (χ4v) is 1.64. The van der Waals surface area contributed by atoms with Crippen molar-refractivity contribution in [3.63, 3.8) is 0 Å². The lowest BCUT2D eigenvalue weighted by atomic mass is 10.1. The second kappa shape index (κ2) is 6.10. The molecule has 1 aromatic heterocycles. The zero-order valence-electron chi connectivity index (χ0n) is 11.4. The van der Waals surface area contributed by atoms with E-state index in [9.17, 15) is 9.90 Å². The Balaban J connectivity index is 2.14. The number of benzene rings is 1. The third-order valence-corrected chi connectivity index (χ3v) is 2.87. The number of para-hydroxylation sites is 1. The summed E-state index contributed by atoms with van der Waals surface area (Å²) in [6.07, 6.45) is 6.04. The van der Waals surface area contributed by atoms with Crippen molar-refractivity contribution in [3.8, 4) is 5.75 Å². The molecule has 0 unspecified atom stereocenters. The van der Waals surface area contributed by atoms with Gasteiger partial charge in [-0.3, -0.25) is 9.78 Å². The molecular formula is C16H16N2O2. The quantitative estimate of drug-likeness (QED) is 0.683. The van der Waals surface area contributed by atoms with Gasteiger partial charge in [0.25, 0.3) is 0 Å². The highest BCUT2D eigenvalue weighted by atomic mass is 16.3. The number of aromatic nitrogens is 2. The van der Waals surface area contributed by atoms with E-state index in [-0.39, 0.29) is 17.5 Å². The van der Waals surface area contributed by atoms with Crippen molar-refractivity contribution >= 4 is 11.9 Å². The number of hydrogen-bond donors (Lipinski definition) is 1. The van der Waals surface area contributed by atoms with E-state index in [0.717, 1.165) is 5.69 Å². The van der Waals surface area contributed by atoms with Gasteiger partial charge >= 0.3 is 0 Å². The lowest BCUT2D eigenvalue weighted by Crippen LogP contribution is -2.02. The molecule has 4 heteroatoms. The van der Waals surface area contributed by atoms with Crippen LogP contribution in [0, 0.1) is 0 Å². The van der Waals surface area contributed by atoms with E-state index in [1.165, 1.54) is 12.3 Å². The Morgan fingerprint density at radius 1 is 1.20 bits per heavy atom. The van der Waals surface area contributed by atoms with Crippen molar-refractivity contribution < 1.29 is 9.90 Å². The number of phenols is 1. The maximum atomic E-state index is 11.9. The van der Waals surface area contributed by atoms with Crippen LogP contribution in [0.3, 0.4) is 0 Å². The Bertz CT molecular complexity index is 631. The average molecular weight is 268 g/mol. The molecule has 1 aromatic carbocycles. The number of allylic oxidation sites excluding steroid dienone is 1. The molecule has 4 nitrogen and oxygen atoms in total. The molecule has 0 aliphatic rings. The van der Waals surface area contributed by atoms with Crippen molar-refractivity contribution in [2.45, 2.75) is 19.8 Å². The largest absolute Gasteiger partial charge is 0.507 e. The smallest absolute Gasteiger partial charge is 0.205 e. The van der Waals surface area contributed by atoms with E-state index in [1.807, 2.05) is 13.8 Å². The first kappa shape index (κ1) is 13.9. The van der Waals surface area contributed by atoms with Gasteiger partial charge in [0.05, 0.1) is 11.9 Å². The van der Waals surface area contributed by atoms with E-state index >= 15 is 0 Å². The lowest BCUT2D eigenvalue weighted by molar-refractivity contribution is 0.104. The number of carbonyl (C=O) groups is 1. The van der Waals surface area contributed by atoms with Gasteiger partial charge in [-0.1, -0.05) is 32.0 Å². The average Bonchev–Trinajstić information content (AvgIpc) is 2.46. The van der Waals surface area contributed by atoms with Gasteiger partial charge in [0.2, 0.25) is 5.78 Å². The molecular weight excluding hydrogens is 252 g/mol. The van der Waals surface area contributed by atoms with Crippen LogP contribution in [0.2, 0.25) is 0 Å². The summed E-state index contributed by atoms with van der Waals surface area (Å²) in [6.45, 7) is 4.03. The van der Waals surface area contributed by atoms with Crippen LogP contribution in [0.5, 0.6) is 5.75 Å². The molecule has 2 rings (SSSR count). The molecule has 0 saturated carbocycles. The molecule has 2 aromatic rings. The summed E-state index contributed by atoms with van der Waals surface area (Å²) in [5.74, 6) is 0.178. The molecule has 20 heavy (non-hydrogen) atoms. The third-order valence-electron chi connectivity index (χ3n) is 2.87. The highest BCUT2D eigenvalue weighted by Crippen LogP contribution is 2.17. The number of phenolic OH excluding ortho intramolecular Hbond substituents is 1. The molecule has 1 N–H and O–H groups in total. The Morgan fingerprint density at radius 3 is 2.55 bits per heavy atom. The molecule has 102 valence electrons. The van der Waals surface area contributed by atoms with Crippen molar-refractivity contribution in [1.82, 2.24) is 9.97 Å². The van der Waals surface area contributed by atoms with Gasteiger partial charge in [-0.25, -0.2) is 4.98 Å². The number of ketones is 1. The summed E-state index contributed by atoms with van der Waals surface area (Å²) in [6, 6.07) is 6.82. The van der Waals surface area contributed by atoms with Gasteiger partial charge < -0.3 is 5.11 Å². The van der Waals surface area contributed by atoms with Gasteiger partial charge in [-0.2, -0.15) is 0 Å². The zero-order valence-corrected chi connectivity index (χ0v) is 11.4. The maximum Gasteiger partial charge on any atom is 0.205 e. The number of carbonyl (C=O) groups excluding carboxylic acids is 1. The number of nitrogens with zero attached hydrogens (tertiary/aromatic N) is 2. The first-order chi connectivity index (χ1) is 9.58. The Morgan fingerprint density at radius 2 is 1.95 bits per heavy atom. The molecule has 0 fully saturated rings. The predicted molar refractivity (Wildman–Crippen MR) is 77.6 cm³/mol. The van der Waals surface area contributed by atoms with Crippen LogP contribution in [-0.4, -0.2) is 20.9 Å². The number of aromatic hydroxyl groups is 1. The zero-order chi connectivity index (χ0) is 14.5. The van der Waals surface area contributed by atoms with E-state index < -0.39 is 0 Å². The van der Waals surface area contributed by atoms with Gasteiger partial charge in [0, 0.05) is 11.8 Å².